The van der Waals surface area contributed by atoms with Crippen molar-refractivity contribution < 1.29 is 14.3 Å². The van der Waals surface area contributed by atoms with Gasteiger partial charge in [-0.2, -0.15) is 0 Å². The average Bonchev–Trinajstić information content (AvgIpc) is 2.69. The molecule has 0 aliphatic carbocycles. The van der Waals surface area contributed by atoms with Crippen molar-refractivity contribution in [3.8, 4) is 0 Å². The molecule has 1 amide bonds. The van der Waals surface area contributed by atoms with Crippen molar-refractivity contribution in [2.45, 2.75) is 6.92 Å². The van der Waals surface area contributed by atoms with Crippen LogP contribution in [0.25, 0.3) is 6.08 Å². The van der Waals surface area contributed by atoms with Crippen molar-refractivity contribution >= 4 is 57.9 Å². The molecule has 0 N–H and O–H groups in total. The molecule has 0 saturated carbocycles. The fraction of sp³-hybridized carbons (Fsp3) is 0.214. The van der Waals surface area contributed by atoms with Crippen LogP contribution in [0.2, 0.25) is 5.02 Å². The molecule has 4 nitrogen and oxygen atoms in total. The first-order valence-corrected chi connectivity index (χ1v) is 7.78. The van der Waals surface area contributed by atoms with Crippen LogP contribution in [0.3, 0.4) is 0 Å². The molecule has 1 saturated heterocycles. The van der Waals surface area contributed by atoms with Gasteiger partial charge in [-0.3, -0.25) is 14.5 Å². The minimum atomic E-state index is -0.471. The summed E-state index contributed by atoms with van der Waals surface area (Å²) in [5.41, 5.74) is 0.844. The summed E-state index contributed by atoms with van der Waals surface area (Å²) < 4.78 is 5.19. The Morgan fingerprint density at radius 3 is 2.71 bits per heavy atom. The second-order valence-electron chi connectivity index (χ2n) is 4.12. The minimum Gasteiger partial charge on any atom is -0.465 e. The van der Waals surface area contributed by atoms with Crippen molar-refractivity contribution in [2.24, 2.45) is 0 Å². The molecule has 1 aromatic carbocycles. The predicted octanol–water partition coefficient (Wildman–Crippen LogP) is 3.10. The molecular formula is C14H12ClNO3S2. The van der Waals surface area contributed by atoms with Crippen LogP contribution in [0, 0.1) is 0 Å². The van der Waals surface area contributed by atoms with E-state index in [1.54, 1.807) is 37.3 Å². The third kappa shape index (κ3) is 4.06. The van der Waals surface area contributed by atoms with Crippen molar-refractivity contribution in [3.05, 3.63) is 39.8 Å². The van der Waals surface area contributed by atoms with E-state index in [0.29, 0.717) is 14.2 Å². The maximum absolute atomic E-state index is 12.2. The number of benzene rings is 1. The van der Waals surface area contributed by atoms with Crippen LogP contribution in [0.1, 0.15) is 12.5 Å². The van der Waals surface area contributed by atoms with E-state index in [1.165, 1.54) is 16.7 Å². The van der Waals surface area contributed by atoms with E-state index in [-0.39, 0.29) is 19.1 Å². The zero-order chi connectivity index (χ0) is 15.4. The number of rotatable bonds is 4. The number of amides is 1. The smallest absolute Gasteiger partial charge is 0.326 e. The van der Waals surface area contributed by atoms with Crippen LogP contribution >= 0.6 is 35.6 Å². The standard InChI is InChI=1S/C14H12ClNO3S2/c1-2-19-12(17)8-16-13(18)11(21-14(16)20)7-9-3-5-10(15)6-4-9/h3-7H,2,8H2,1H3/b11-7-. The number of carbonyl (C=O) groups is 2. The van der Waals surface area contributed by atoms with Crippen LogP contribution < -0.4 is 0 Å². The van der Waals surface area contributed by atoms with E-state index in [2.05, 4.69) is 0 Å². The highest BCUT2D eigenvalue weighted by molar-refractivity contribution is 8.26. The first kappa shape index (κ1) is 16.0. The van der Waals surface area contributed by atoms with E-state index in [4.69, 9.17) is 28.6 Å². The fourth-order valence-corrected chi connectivity index (χ4v) is 3.06. The number of hydrogen-bond donors (Lipinski definition) is 0. The van der Waals surface area contributed by atoms with E-state index in [0.717, 1.165) is 5.56 Å². The number of halogens is 1. The Morgan fingerprint density at radius 2 is 2.10 bits per heavy atom. The molecular weight excluding hydrogens is 330 g/mol. The Hall–Kier alpha value is -1.37. The van der Waals surface area contributed by atoms with Crippen LogP contribution in [-0.2, 0) is 14.3 Å². The summed E-state index contributed by atoms with van der Waals surface area (Å²) in [5.74, 6) is -0.755. The first-order chi connectivity index (χ1) is 10.0. The Kier molecular flexibility index (Phi) is 5.39. The number of hydrogen-bond acceptors (Lipinski definition) is 5. The van der Waals surface area contributed by atoms with Crippen molar-refractivity contribution in [3.63, 3.8) is 0 Å². The molecule has 7 heteroatoms. The molecule has 1 aliphatic rings. The molecule has 0 atom stereocenters. The van der Waals surface area contributed by atoms with Crippen LogP contribution in [0.5, 0.6) is 0 Å². The molecule has 1 aliphatic heterocycles. The number of thiocarbonyl (C=S) groups is 1. The van der Waals surface area contributed by atoms with Gasteiger partial charge in [0.25, 0.3) is 5.91 Å². The van der Waals surface area contributed by atoms with Gasteiger partial charge in [0.1, 0.15) is 10.9 Å². The molecule has 21 heavy (non-hydrogen) atoms. The van der Waals surface area contributed by atoms with E-state index in [1.807, 2.05) is 0 Å². The predicted molar refractivity (Wildman–Crippen MR) is 88.0 cm³/mol. The summed E-state index contributed by atoms with van der Waals surface area (Å²) in [6, 6.07) is 7.10. The van der Waals surface area contributed by atoms with E-state index in [9.17, 15) is 9.59 Å². The highest BCUT2D eigenvalue weighted by Crippen LogP contribution is 2.32. The lowest BCUT2D eigenvalue weighted by atomic mass is 10.2. The van der Waals surface area contributed by atoms with Gasteiger partial charge in [-0.15, -0.1) is 0 Å². The molecule has 2 rings (SSSR count). The zero-order valence-electron chi connectivity index (χ0n) is 11.2. The van der Waals surface area contributed by atoms with E-state index < -0.39 is 5.97 Å². The number of nitrogens with zero attached hydrogens (tertiary/aromatic N) is 1. The van der Waals surface area contributed by atoms with Gasteiger partial charge in [0.2, 0.25) is 0 Å². The van der Waals surface area contributed by atoms with Crippen molar-refractivity contribution in [2.75, 3.05) is 13.2 Å². The van der Waals surface area contributed by atoms with Gasteiger partial charge in [-0.1, -0.05) is 47.7 Å². The molecule has 0 aromatic heterocycles. The SMILES string of the molecule is CCOC(=O)CN1C(=O)/C(=C/c2ccc(Cl)cc2)SC1=S. The van der Waals surface area contributed by atoms with Gasteiger partial charge < -0.3 is 4.74 Å². The molecule has 0 unspecified atom stereocenters. The van der Waals surface area contributed by atoms with Crippen molar-refractivity contribution in [1.29, 1.82) is 0 Å². The van der Waals surface area contributed by atoms with Crippen LogP contribution in [-0.4, -0.2) is 34.2 Å². The Morgan fingerprint density at radius 1 is 1.43 bits per heavy atom. The number of esters is 1. The van der Waals surface area contributed by atoms with Gasteiger partial charge in [0, 0.05) is 5.02 Å². The first-order valence-electron chi connectivity index (χ1n) is 6.18. The third-order valence-corrected chi connectivity index (χ3v) is 4.26. The largest absolute Gasteiger partial charge is 0.465 e. The quantitative estimate of drug-likeness (QED) is 0.478. The average molecular weight is 342 g/mol. The molecule has 0 radical (unpaired) electrons. The van der Waals surface area contributed by atoms with Gasteiger partial charge >= 0.3 is 5.97 Å². The Labute approximate surface area is 137 Å². The van der Waals surface area contributed by atoms with Gasteiger partial charge in [0.15, 0.2) is 0 Å². The lowest BCUT2D eigenvalue weighted by Crippen LogP contribution is -2.34. The highest BCUT2D eigenvalue weighted by Gasteiger charge is 2.33. The van der Waals surface area contributed by atoms with Gasteiger partial charge in [-0.05, 0) is 30.7 Å². The van der Waals surface area contributed by atoms with E-state index >= 15 is 0 Å². The summed E-state index contributed by atoms with van der Waals surface area (Å²) in [4.78, 5) is 25.4. The highest BCUT2D eigenvalue weighted by atomic mass is 35.5. The number of thioether (sulfide) groups is 1. The summed E-state index contributed by atoms with van der Waals surface area (Å²) in [7, 11) is 0. The lowest BCUT2D eigenvalue weighted by Gasteiger charge is -2.12. The van der Waals surface area contributed by atoms with Gasteiger partial charge in [0.05, 0.1) is 11.5 Å². The van der Waals surface area contributed by atoms with Crippen LogP contribution in [0.4, 0.5) is 0 Å². The summed E-state index contributed by atoms with van der Waals surface area (Å²) in [6.45, 7) is 1.83. The Bertz CT molecular complexity index is 613. The zero-order valence-corrected chi connectivity index (χ0v) is 13.6. The molecule has 1 aromatic rings. The van der Waals surface area contributed by atoms with Crippen LogP contribution in [0.15, 0.2) is 29.2 Å². The molecule has 1 heterocycles. The molecule has 0 spiro atoms. The maximum atomic E-state index is 12.2. The topological polar surface area (TPSA) is 46.6 Å². The second kappa shape index (κ2) is 7.06. The summed E-state index contributed by atoms with van der Waals surface area (Å²) in [6.07, 6.45) is 1.72. The lowest BCUT2D eigenvalue weighted by molar-refractivity contribution is -0.145. The maximum Gasteiger partial charge on any atom is 0.326 e. The fourth-order valence-electron chi connectivity index (χ4n) is 1.68. The minimum absolute atomic E-state index is 0.156. The molecule has 1 fully saturated rings. The normalized spacial score (nSPS) is 16.7. The summed E-state index contributed by atoms with van der Waals surface area (Å²) >= 11 is 12.1. The molecule has 110 valence electrons. The third-order valence-electron chi connectivity index (χ3n) is 2.63. The number of carbonyl (C=O) groups excluding carboxylic acids is 2. The molecule has 0 bridgehead atoms. The Balaban J connectivity index is 2.13. The van der Waals surface area contributed by atoms with Gasteiger partial charge in [-0.25, -0.2) is 0 Å². The monoisotopic (exact) mass is 341 g/mol. The second-order valence-corrected chi connectivity index (χ2v) is 6.24. The van der Waals surface area contributed by atoms with Crippen molar-refractivity contribution in [1.82, 2.24) is 4.90 Å². The summed E-state index contributed by atoms with van der Waals surface area (Å²) in [5, 5.41) is 0.627. The number of ether oxygens (including phenoxy) is 1.